The second-order valence-corrected chi connectivity index (χ2v) is 9.49. The summed E-state index contributed by atoms with van der Waals surface area (Å²) in [6, 6.07) is 17.0. The van der Waals surface area contributed by atoms with E-state index in [1.807, 2.05) is 24.3 Å². The fourth-order valence-corrected chi connectivity index (χ4v) is 4.85. The number of hydrogen-bond donors (Lipinski definition) is 0. The molecule has 7 heteroatoms. The molecule has 0 aromatic heterocycles. The minimum Gasteiger partial charge on any atom is -0.492 e. The van der Waals surface area contributed by atoms with Crippen LogP contribution in [0.25, 0.3) is 16.3 Å². The largest absolute Gasteiger partial charge is 0.492 e. The highest BCUT2D eigenvalue weighted by Gasteiger charge is 2.40. The first kappa shape index (κ1) is 23.4. The quantitative estimate of drug-likeness (QED) is 0.109. The average molecular weight is 451 g/mol. The Morgan fingerprint density at radius 1 is 0.969 bits per heavy atom. The third-order valence-corrected chi connectivity index (χ3v) is 6.87. The summed E-state index contributed by atoms with van der Waals surface area (Å²) in [6.07, 6.45) is 3.92. The highest BCUT2D eigenvalue weighted by atomic mass is 32.2. The Hall–Kier alpha value is -3.28. The van der Waals surface area contributed by atoms with Gasteiger partial charge >= 0.3 is 5.04 Å². The number of Topliss-reactive ketones (excluding diaryl/α,β-unsaturated/α-hetero) is 1. The van der Waals surface area contributed by atoms with Crippen LogP contribution in [0, 0.1) is 6.92 Å². The number of hydrogen-bond acceptors (Lipinski definition) is 4. The second-order valence-electron chi connectivity index (χ2n) is 7.66. The number of unbranched alkanes of at least 4 members (excludes halogenated alkanes) is 3. The Bertz CT molecular complexity index is 1290. The van der Waals surface area contributed by atoms with Gasteiger partial charge in [-0.05, 0) is 47.9 Å². The molecule has 0 aliphatic rings. The third-order valence-electron chi connectivity index (χ3n) is 5.20. The smallest absolute Gasteiger partial charge is 0.457 e. The van der Waals surface area contributed by atoms with Crippen LogP contribution >= 0.6 is 0 Å². The van der Waals surface area contributed by atoms with Crippen LogP contribution in [-0.4, -0.2) is 30.6 Å². The monoisotopic (exact) mass is 450 g/mol. The molecule has 3 aromatic carbocycles. The van der Waals surface area contributed by atoms with Gasteiger partial charge in [0.05, 0.1) is 6.61 Å². The van der Waals surface area contributed by atoms with Gasteiger partial charge in [-0.25, -0.2) is 8.42 Å². The number of ether oxygens (including phenoxy) is 1. The SMILES string of the molecule is CCCCCCOc1ccc(C)cc1S(=O)(=O)C(=[N+]=[N-])C(=O)c1ccc2ccccc2c1. The van der Waals surface area contributed by atoms with E-state index in [0.29, 0.717) is 12.2 Å². The molecule has 0 saturated carbocycles. The summed E-state index contributed by atoms with van der Waals surface area (Å²) >= 11 is 0. The minimum atomic E-state index is -4.43. The van der Waals surface area contributed by atoms with Crippen LogP contribution in [0.3, 0.4) is 0 Å². The van der Waals surface area contributed by atoms with E-state index in [-0.39, 0.29) is 16.2 Å². The topological polar surface area (TPSA) is 96.8 Å². The molecular formula is C25H26N2O4S. The van der Waals surface area contributed by atoms with Crippen molar-refractivity contribution in [3.63, 3.8) is 0 Å². The van der Waals surface area contributed by atoms with Gasteiger partial charge in [0.25, 0.3) is 15.6 Å². The van der Waals surface area contributed by atoms with E-state index in [0.717, 1.165) is 36.5 Å². The molecule has 0 radical (unpaired) electrons. The van der Waals surface area contributed by atoms with Crippen LogP contribution in [0.1, 0.15) is 48.5 Å². The zero-order valence-electron chi connectivity index (χ0n) is 18.2. The van der Waals surface area contributed by atoms with E-state index < -0.39 is 20.7 Å². The fourth-order valence-electron chi connectivity index (χ4n) is 3.43. The zero-order chi connectivity index (χ0) is 23.1. The molecule has 0 aliphatic carbocycles. The normalized spacial score (nSPS) is 11.2. The molecule has 0 spiro atoms. The molecule has 0 heterocycles. The van der Waals surface area contributed by atoms with Crippen LogP contribution in [0.5, 0.6) is 5.75 Å². The number of benzene rings is 3. The van der Waals surface area contributed by atoms with Crippen LogP contribution in [0.15, 0.2) is 65.6 Å². The van der Waals surface area contributed by atoms with Crippen molar-refractivity contribution >= 4 is 31.4 Å². The van der Waals surface area contributed by atoms with Gasteiger partial charge in [-0.1, -0.05) is 68.7 Å². The van der Waals surface area contributed by atoms with E-state index >= 15 is 0 Å². The number of nitrogens with zero attached hydrogens (tertiary/aromatic N) is 2. The van der Waals surface area contributed by atoms with E-state index in [2.05, 4.69) is 11.7 Å². The van der Waals surface area contributed by atoms with Crippen molar-refractivity contribution in [2.24, 2.45) is 0 Å². The van der Waals surface area contributed by atoms with Crippen molar-refractivity contribution in [3.8, 4) is 5.75 Å². The molecule has 0 atom stereocenters. The molecule has 32 heavy (non-hydrogen) atoms. The van der Waals surface area contributed by atoms with E-state index in [9.17, 15) is 18.7 Å². The molecule has 0 saturated heterocycles. The molecule has 0 bridgehead atoms. The summed E-state index contributed by atoms with van der Waals surface area (Å²) in [4.78, 5) is 15.8. The average Bonchev–Trinajstić information content (AvgIpc) is 2.79. The van der Waals surface area contributed by atoms with Gasteiger partial charge in [0.2, 0.25) is 0 Å². The second kappa shape index (κ2) is 10.4. The van der Waals surface area contributed by atoms with Gasteiger partial charge in [0.1, 0.15) is 10.6 Å². The van der Waals surface area contributed by atoms with E-state index in [4.69, 9.17) is 4.74 Å². The maximum atomic E-state index is 13.4. The fraction of sp³-hybridized carbons (Fsp3) is 0.280. The third kappa shape index (κ3) is 5.13. The number of fused-ring (bicyclic) bond motifs is 1. The summed E-state index contributed by atoms with van der Waals surface area (Å²) in [5.74, 6) is -0.742. The first-order chi connectivity index (χ1) is 15.4. The lowest BCUT2D eigenvalue weighted by molar-refractivity contribution is -0.00159. The molecule has 0 N–H and O–H groups in total. The van der Waals surface area contributed by atoms with Crippen LogP contribution in [-0.2, 0) is 9.84 Å². The summed E-state index contributed by atoms with van der Waals surface area (Å²) < 4.78 is 32.5. The Morgan fingerprint density at radius 2 is 1.72 bits per heavy atom. The highest BCUT2D eigenvalue weighted by Crippen LogP contribution is 2.28. The van der Waals surface area contributed by atoms with Gasteiger partial charge in [0.15, 0.2) is 0 Å². The molecular weight excluding hydrogens is 424 g/mol. The molecule has 0 unspecified atom stereocenters. The van der Waals surface area contributed by atoms with Crippen molar-refractivity contribution in [2.75, 3.05) is 6.61 Å². The molecule has 0 amide bonds. The van der Waals surface area contributed by atoms with Gasteiger partial charge < -0.3 is 10.3 Å². The summed E-state index contributed by atoms with van der Waals surface area (Å²) in [7, 11) is -4.43. The van der Waals surface area contributed by atoms with Crippen LogP contribution in [0.2, 0.25) is 0 Å². The lowest BCUT2D eigenvalue weighted by Gasteiger charge is -2.11. The Kier molecular flexibility index (Phi) is 7.57. The molecule has 166 valence electrons. The summed E-state index contributed by atoms with van der Waals surface area (Å²) in [5.41, 5.74) is 10.3. The standard InChI is InChI=1S/C25H26N2O4S/c1-3-4-5-8-15-31-22-14-11-18(2)16-23(22)32(29,30)25(27-26)24(28)21-13-12-19-9-6-7-10-20(19)17-21/h6-7,9-14,16-17H,3-5,8,15H2,1-2H3. The predicted octanol–water partition coefficient (Wildman–Crippen LogP) is 5.39. The lowest BCUT2D eigenvalue weighted by Crippen LogP contribution is -2.26. The van der Waals surface area contributed by atoms with Gasteiger partial charge in [-0.15, -0.1) is 4.79 Å². The van der Waals surface area contributed by atoms with E-state index in [1.165, 1.54) is 12.1 Å². The van der Waals surface area contributed by atoms with Gasteiger partial charge in [-0.2, -0.15) is 0 Å². The summed E-state index contributed by atoms with van der Waals surface area (Å²) in [5, 5.41) is 0.751. The Morgan fingerprint density at radius 3 is 2.44 bits per heavy atom. The van der Waals surface area contributed by atoms with E-state index in [1.54, 1.807) is 31.2 Å². The Labute approximate surface area is 188 Å². The minimum absolute atomic E-state index is 0.120. The molecule has 3 aromatic rings. The van der Waals surface area contributed by atoms with Crippen molar-refractivity contribution < 1.29 is 22.7 Å². The van der Waals surface area contributed by atoms with Crippen molar-refractivity contribution in [1.82, 2.24) is 0 Å². The zero-order valence-corrected chi connectivity index (χ0v) is 19.1. The lowest BCUT2D eigenvalue weighted by atomic mass is 10.0. The van der Waals surface area contributed by atoms with Gasteiger partial charge in [-0.3, -0.25) is 4.79 Å². The maximum Gasteiger partial charge on any atom is 0.457 e. The maximum absolute atomic E-state index is 13.4. The van der Waals surface area contributed by atoms with Crippen molar-refractivity contribution in [2.45, 2.75) is 44.4 Å². The summed E-state index contributed by atoms with van der Waals surface area (Å²) in [6.45, 7) is 4.20. The van der Waals surface area contributed by atoms with Crippen LogP contribution in [0.4, 0.5) is 0 Å². The number of aryl methyl sites for hydroxylation is 1. The number of rotatable bonds is 9. The molecule has 6 nitrogen and oxygen atoms in total. The van der Waals surface area contributed by atoms with Crippen molar-refractivity contribution in [3.05, 3.63) is 77.3 Å². The highest BCUT2D eigenvalue weighted by molar-refractivity contribution is 8.08. The van der Waals surface area contributed by atoms with Crippen molar-refractivity contribution in [1.29, 1.82) is 0 Å². The predicted molar refractivity (Wildman–Crippen MR) is 125 cm³/mol. The molecule has 0 fully saturated rings. The Balaban J connectivity index is 1.95. The molecule has 0 aliphatic heterocycles. The number of carbonyl (C=O) groups excluding carboxylic acids is 1. The molecule has 3 rings (SSSR count). The van der Waals surface area contributed by atoms with Crippen LogP contribution < -0.4 is 4.74 Å². The first-order valence-electron chi connectivity index (χ1n) is 10.6. The first-order valence-corrected chi connectivity index (χ1v) is 12.1. The number of sulfone groups is 1. The number of carbonyl (C=O) groups is 1. The van der Waals surface area contributed by atoms with Gasteiger partial charge in [0, 0.05) is 5.56 Å². The number of ketones is 1.